The van der Waals surface area contributed by atoms with Crippen LogP contribution >= 0.6 is 0 Å². The van der Waals surface area contributed by atoms with E-state index in [1.165, 1.54) is 16.4 Å². The third kappa shape index (κ3) is 6.21. The maximum atomic E-state index is 13.0. The van der Waals surface area contributed by atoms with Gasteiger partial charge in [0.2, 0.25) is 15.9 Å². The summed E-state index contributed by atoms with van der Waals surface area (Å²) in [6.07, 6.45) is -4.78. The average molecular weight is 472 g/mol. The lowest BCUT2D eigenvalue weighted by molar-refractivity contribution is -0.274. The van der Waals surface area contributed by atoms with E-state index in [-0.39, 0.29) is 31.3 Å². The van der Waals surface area contributed by atoms with Gasteiger partial charge in [0, 0.05) is 31.9 Å². The van der Waals surface area contributed by atoms with Crippen molar-refractivity contribution in [3.8, 4) is 5.75 Å². The zero-order chi connectivity index (χ0) is 23.5. The highest BCUT2D eigenvalue weighted by Crippen LogP contribution is 2.24. The normalized spacial score (nSPS) is 16.0. The number of carbonyl (C=O) groups excluding carboxylic acids is 1. The minimum absolute atomic E-state index is 0.0398. The number of rotatable bonds is 6. The molecule has 1 fully saturated rings. The number of alkyl halides is 3. The first-order valence-electron chi connectivity index (χ1n) is 9.89. The van der Waals surface area contributed by atoms with Gasteiger partial charge in [-0.05, 0) is 55.3 Å². The molecule has 0 aliphatic carbocycles. The zero-order valence-electron chi connectivity index (χ0n) is 17.6. The van der Waals surface area contributed by atoms with Crippen LogP contribution in [0.4, 0.5) is 18.9 Å². The predicted octanol–water partition coefficient (Wildman–Crippen LogP) is 3.15. The van der Waals surface area contributed by atoms with Gasteiger partial charge in [0.15, 0.2) is 0 Å². The summed E-state index contributed by atoms with van der Waals surface area (Å²) < 4.78 is 67.8. The Morgan fingerprint density at radius 1 is 1.03 bits per heavy atom. The topological polar surface area (TPSA) is 79.0 Å². The smallest absolute Gasteiger partial charge is 0.406 e. The number of hydrogen-bond donors (Lipinski definition) is 1. The highest BCUT2D eigenvalue weighted by molar-refractivity contribution is 7.89. The van der Waals surface area contributed by atoms with Gasteiger partial charge in [0.1, 0.15) is 5.75 Å². The Morgan fingerprint density at radius 2 is 1.66 bits per heavy atom. The molecular formula is C21H24F3N3O4S. The molecule has 2 aromatic carbocycles. The third-order valence-electron chi connectivity index (χ3n) is 5.03. The van der Waals surface area contributed by atoms with Gasteiger partial charge < -0.3 is 10.1 Å². The SMILES string of the molecule is Cc1ccc(C)c(S(=O)(=O)N2CCN(CC(=O)Nc3ccc(OC(F)(F)F)cc3)CC2)c1. The van der Waals surface area contributed by atoms with E-state index in [9.17, 15) is 26.4 Å². The van der Waals surface area contributed by atoms with Gasteiger partial charge in [-0.15, -0.1) is 13.2 Å². The maximum absolute atomic E-state index is 13.0. The number of piperazine rings is 1. The molecule has 0 atom stereocenters. The van der Waals surface area contributed by atoms with Crippen LogP contribution in [0.15, 0.2) is 47.4 Å². The van der Waals surface area contributed by atoms with Crippen LogP contribution in [-0.4, -0.2) is 62.6 Å². The van der Waals surface area contributed by atoms with Crippen LogP contribution in [0.25, 0.3) is 0 Å². The van der Waals surface area contributed by atoms with Crippen molar-refractivity contribution in [1.29, 1.82) is 0 Å². The van der Waals surface area contributed by atoms with E-state index < -0.39 is 16.4 Å². The molecule has 174 valence electrons. The number of benzene rings is 2. The second-order valence-electron chi connectivity index (χ2n) is 7.57. The molecule has 1 amide bonds. The summed E-state index contributed by atoms with van der Waals surface area (Å²) in [7, 11) is -3.62. The van der Waals surface area contributed by atoms with E-state index in [4.69, 9.17) is 0 Å². The first-order valence-corrected chi connectivity index (χ1v) is 11.3. The predicted molar refractivity (Wildman–Crippen MR) is 113 cm³/mol. The largest absolute Gasteiger partial charge is 0.573 e. The number of sulfonamides is 1. The van der Waals surface area contributed by atoms with Gasteiger partial charge >= 0.3 is 6.36 Å². The fourth-order valence-electron chi connectivity index (χ4n) is 3.40. The average Bonchev–Trinajstić information content (AvgIpc) is 2.70. The first-order chi connectivity index (χ1) is 14.9. The summed E-state index contributed by atoms with van der Waals surface area (Å²) in [5.41, 5.74) is 1.88. The summed E-state index contributed by atoms with van der Waals surface area (Å²) in [6, 6.07) is 10.2. The van der Waals surface area contributed by atoms with Crippen LogP contribution < -0.4 is 10.1 Å². The second kappa shape index (κ2) is 9.47. The molecule has 1 aliphatic rings. The Balaban J connectivity index is 1.52. The van der Waals surface area contributed by atoms with Crippen molar-refractivity contribution in [2.75, 3.05) is 38.0 Å². The molecule has 32 heavy (non-hydrogen) atoms. The van der Waals surface area contributed by atoms with Crippen LogP contribution in [0.3, 0.4) is 0 Å². The maximum Gasteiger partial charge on any atom is 0.573 e. The minimum atomic E-state index is -4.78. The fraction of sp³-hybridized carbons (Fsp3) is 0.381. The van der Waals surface area contributed by atoms with Crippen molar-refractivity contribution >= 4 is 21.6 Å². The number of halogens is 3. The number of amides is 1. The Kier molecular flexibility index (Phi) is 7.11. The molecule has 0 unspecified atom stereocenters. The zero-order valence-corrected chi connectivity index (χ0v) is 18.5. The molecule has 11 heteroatoms. The molecule has 0 aromatic heterocycles. The van der Waals surface area contributed by atoms with E-state index in [1.54, 1.807) is 19.1 Å². The van der Waals surface area contributed by atoms with Crippen molar-refractivity contribution in [1.82, 2.24) is 9.21 Å². The Bertz CT molecular complexity index is 1060. The molecule has 0 radical (unpaired) electrons. The summed E-state index contributed by atoms with van der Waals surface area (Å²) in [6.45, 7) is 4.92. The molecule has 0 saturated carbocycles. The molecule has 2 aromatic rings. The highest BCUT2D eigenvalue weighted by Gasteiger charge is 2.31. The van der Waals surface area contributed by atoms with E-state index in [0.29, 0.717) is 29.2 Å². The van der Waals surface area contributed by atoms with Crippen LogP contribution in [0.5, 0.6) is 5.75 Å². The van der Waals surface area contributed by atoms with Gasteiger partial charge in [0.05, 0.1) is 11.4 Å². The summed E-state index contributed by atoms with van der Waals surface area (Å²) >= 11 is 0. The fourth-order valence-corrected chi connectivity index (χ4v) is 5.13. The van der Waals surface area contributed by atoms with Crippen LogP contribution in [0.1, 0.15) is 11.1 Å². The number of nitrogens with zero attached hydrogens (tertiary/aromatic N) is 2. The van der Waals surface area contributed by atoms with Crippen molar-refractivity contribution in [2.24, 2.45) is 0 Å². The summed E-state index contributed by atoms with van der Waals surface area (Å²) in [4.78, 5) is 14.4. The van der Waals surface area contributed by atoms with Crippen molar-refractivity contribution < 1.29 is 31.1 Å². The lowest BCUT2D eigenvalue weighted by Crippen LogP contribution is -2.50. The van der Waals surface area contributed by atoms with Crippen LogP contribution in [0, 0.1) is 13.8 Å². The van der Waals surface area contributed by atoms with Gasteiger partial charge in [-0.3, -0.25) is 9.69 Å². The first kappa shape index (κ1) is 24.0. The molecule has 1 saturated heterocycles. The van der Waals surface area contributed by atoms with Crippen LogP contribution in [0.2, 0.25) is 0 Å². The highest BCUT2D eigenvalue weighted by atomic mass is 32.2. The standard InChI is InChI=1S/C21H24F3N3O4S/c1-15-3-4-16(2)19(13-15)32(29,30)27-11-9-26(10-12-27)14-20(28)25-17-5-7-18(8-6-17)31-21(22,23)24/h3-8,13H,9-12,14H2,1-2H3,(H,25,28). The van der Waals surface area contributed by atoms with Gasteiger partial charge in [-0.2, -0.15) is 4.31 Å². The van der Waals surface area contributed by atoms with Gasteiger partial charge in [-0.1, -0.05) is 12.1 Å². The molecule has 0 spiro atoms. The number of anilines is 1. The number of aryl methyl sites for hydroxylation is 2. The quantitative estimate of drug-likeness (QED) is 0.700. The molecule has 1 heterocycles. The molecule has 1 aliphatic heterocycles. The molecule has 3 rings (SSSR count). The Hall–Kier alpha value is -2.63. The van der Waals surface area contributed by atoms with E-state index in [1.807, 2.05) is 17.9 Å². The van der Waals surface area contributed by atoms with Crippen LogP contribution in [-0.2, 0) is 14.8 Å². The lowest BCUT2D eigenvalue weighted by Gasteiger charge is -2.33. The molecule has 7 nitrogen and oxygen atoms in total. The van der Waals surface area contributed by atoms with E-state index >= 15 is 0 Å². The van der Waals surface area contributed by atoms with Crippen molar-refractivity contribution in [3.63, 3.8) is 0 Å². The molecule has 1 N–H and O–H groups in total. The monoisotopic (exact) mass is 471 g/mol. The summed E-state index contributed by atoms with van der Waals surface area (Å²) in [5.74, 6) is -0.725. The number of ether oxygens (including phenoxy) is 1. The van der Waals surface area contributed by atoms with E-state index in [2.05, 4.69) is 10.1 Å². The summed E-state index contributed by atoms with van der Waals surface area (Å²) in [5, 5.41) is 2.61. The van der Waals surface area contributed by atoms with Gasteiger partial charge in [-0.25, -0.2) is 8.42 Å². The lowest BCUT2D eigenvalue weighted by atomic mass is 10.2. The Morgan fingerprint density at radius 3 is 2.25 bits per heavy atom. The van der Waals surface area contributed by atoms with Crippen molar-refractivity contribution in [2.45, 2.75) is 25.1 Å². The number of nitrogens with one attached hydrogen (secondary N) is 1. The third-order valence-corrected chi connectivity index (χ3v) is 7.07. The number of hydrogen-bond acceptors (Lipinski definition) is 5. The van der Waals surface area contributed by atoms with Gasteiger partial charge in [0.25, 0.3) is 0 Å². The van der Waals surface area contributed by atoms with Crippen molar-refractivity contribution in [3.05, 3.63) is 53.6 Å². The number of carbonyl (C=O) groups is 1. The second-order valence-corrected chi connectivity index (χ2v) is 9.48. The molecular weight excluding hydrogens is 447 g/mol. The van der Waals surface area contributed by atoms with E-state index in [0.717, 1.165) is 17.7 Å². The minimum Gasteiger partial charge on any atom is -0.406 e. The molecule has 0 bridgehead atoms. The Labute approximate surface area is 184 Å².